The molecule has 3 aromatic carbocycles. The van der Waals surface area contributed by atoms with Gasteiger partial charge in [0.2, 0.25) is 0 Å². The van der Waals surface area contributed by atoms with Gasteiger partial charge in [0.05, 0.1) is 11.3 Å². The van der Waals surface area contributed by atoms with E-state index in [2.05, 4.69) is 46.7 Å². The Labute approximate surface area is 201 Å². The van der Waals surface area contributed by atoms with E-state index in [0.29, 0.717) is 11.3 Å². The van der Waals surface area contributed by atoms with Gasteiger partial charge in [-0.3, -0.25) is 9.69 Å². The highest BCUT2D eigenvalue weighted by Crippen LogP contribution is 2.38. The fourth-order valence-corrected chi connectivity index (χ4v) is 4.97. The molecule has 174 valence electrons. The average molecular weight is 453 g/mol. The molecule has 0 aliphatic carbocycles. The number of nitrogen functional groups attached to an aromatic ring is 1. The lowest BCUT2D eigenvalue weighted by atomic mass is 9.94. The van der Waals surface area contributed by atoms with Gasteiger partial charge in [0.25, 0.3) is 5.91 Å². The molecule has 0 saturated carbocycles. The van der Waals surface area contributed by atoms with Gasteiger partial charge >= 0.3 is 0 Å². The zero-order valence-electron chi connectivity index (χ0n) is 19.7. The third-order valence-electron chi connectivity index (χ3n) is 7.01. The Kier molecular flexibility index (Phi) is 6.37. The van der Waals surface area contributed by atoms with Gasteiger partial charge in [0.1, 0.15) is 0 Å². The van der Waals surface area contributed by atoms with Crippen molar-refractivity contribution in [1.29, 1.82) is 0 Å². The quantitative estimate of drug-likeness (QED) is 0.325. The number of carbonyl (C=O) groups is 1. The SMILES string of the molecule is CCC1CCN(Cc2ccc(N/C(=C3\C(=O)Nc4ccc(N)cc43)c3ccccc3)cc2)CC1. The summed E-state index contributed by atoms with van der Waals surface area (Å²) in [5.41, 5.74) is 12.9. The lowest BCUT2D eigenvalue weighted by Crippen LogP contribution is -2.32. The van der Waals surface area contributed by atoms with E-state index in [1.165, 1.54) is 37.9 Å². The number of nitrogens with two attached hydrogens (primary N) is 1. The Morgan fingerprint density at radius 1 is 1.03 bits per heavy atom. The summed E-state index contributed by atoms with van der Waals surface area (Å²) in [6.45, 7) is 5.65. The molecule has 1 amide bonds. The highest BCUT2D eigenvalue weighted by Gasteiger charge is 2.28. The van der Waals surface area contributed by atoms with Crippen LogP contribution in [0.25, 0.3) is 11.3 Å². The summed E-state index contributed by atoms with van der Waals surface area (Å²) in [4.78, 5) is 15.6. The number of carbonyl (C=O) groups excluding carboxylic acids is 1. The van der Waals surface area contributed by atoms with Crippen LogP contribution in [0.1, 0.15) is 42.9 Å². The first kappa shape index (κ1) is 22.2. The predicted molar refractivity (Wildman–Crippen MR) is 141 cm³/mol. The largest absolute Gasteiger partial charge is 0.399 e. The minimum atomic E-state index is -0.126. The molecule has 3 aromatic rings. The summed E-state index contributed by atoms with van der Waals surface area (Å²) in [6.07, 6.45) is 3.90. The van der Waals surface area contributed by atoms with Crippen molar-refractivity contribution >= 4 is 34.2 Å². The second-order valence-corrected chi connectivity index (χ2v) is 9.32. The molecule has 0 aromatic heterocycles. The first-order valence-electron chi connectivity index (χ1n) is 12.2. The number of anilines is 3. The number of fused-ring (bicyclic) bond motifs is 1. The normalized spacial score (nSPS) is 17.9. The summed E-state index contributed by atoms with van der Waals surface area (Å²) < 4.78 is 0. The molecule has 2 heterocycles. The number of likely N-dealkylation sites (tertiary alicyclic amines) is 1. The molecule has 0 radical (unpaired) electrons. The predicted octanol–water partition coefficient (Wildman–Crippen LogP) is 5.82. The van der Waals surface area contributed by atoms with Crippen LogP contribution in [0.4, 0.5) is 17.1 Å². The van der Waals surface area contributed by atoms with Crippen molar-refractivity contribution in [3.05, 3.63) is 89.5 Å². The summed E-state index contributed by atoms with van der Waals surface area (Å²) >= 11 is 0. The van der Waals surface area contributed by atoms with Gasteiger partial charge in [-0.1, -0.05) is 55.8 Å². The van der Waals surface area contributed by atoms with Crippen molar-refractivity contribution < 1.29 is 4.79 Å². The van der Waals surface area contributed by atoms with E-state index in [9.17, 15) is 4.79 Å². The van der Waals surface area contributed by atoms with E-state index in [-0.39, 0.29) is 5.91 Å². The molecule has 4 N–H and O–H groups in total. The molecule has 5 nitrogen and oxygen atoms in total. The van der Waals surface area contributed by atoms with Crippen LogP contribution in [-0.4, -0.2) is 23.9 Å². The zero-order valence-corrected chi connectivity index (χ0v) is 19.7. The Morgan fingerprint density at radius 2 is 1.76 bits per heavy atom. The summed E-state index contributed by atoms with van der Waals surface area (Å²) in [5.74, 6) is 0.764. The van der Waals surface area contributed by atoms with E-state index in [1.807, 2.05) is 42.5 Å². The molecule has 34 heavy (non-hydrogen) atoms. The molecule has 5 rings (SSSR count). The number of nitrogens with one attached hydrogen (secondary N) is 2. The Balaban J connectivity index is 1.41. The van der Waals surface area contributed by atoms with Crippen LogP contribution in [0.15, 0.2) is 72.8 Å². The molecule has 2 aliphatic heterocycles. The third kappa shape index (κ3) is 4.70. The van der Waals surface area contributed by atoms with Gasteiger partial charge < -0.3 is 16.4 Å². The maximum atomic E-state index is 13.0. The van der Waals surface area contributed by atoms with Gasteiger partial charge in [0, 0.05) is 29.2 Å². The van der Waals surface area contributed by atoms with Gasteiger partial charge in [-0.2, -0.15) is 0 Å². The Hall–Kier alpha value is -3.57. The number of piperidine rings is 1. The lowest BCUT2D eigenvalue weighted by molar-refractivity contribution is -0.110. The van der Waals surface area contributed by atoms with E-state index in [1.54, 1.807) is 6.07 Å². The zero-order chi connectivity index (χ0) is 23.5. The minimum absolute atomic E-state index is 0.126. The molecule has 0 atom stereocenters. The van der Waals surface area contributed by atoms with Crippen LogP contribution in [0.3, 0.4) is 0 Å². The molecule has 0 bridgehead atoms. The van der Waals surface area contributed by atoms with Crippen LogP contribution in [0, 0.1) is 5.92 Å². The number of hydrogen-bond acceptors (Lipinski definition) is 4. The Bertz CT molecular complexity index is 1190. The summed E-state index contributed by atoms with van der Waals surface area (Å²) in [6, 6.07) is 24.1. The number of benzene rings is 3. The maximum Gasteiger partial charge on any atom is 0.258 e. The molecule has 1 fully saturated rings. The second kappa shape index (κ2) is 9.74. The monoisotopic (exact) mass is 452 g/mol. The van der Waals surface area contributed by atoms with E-state index in [4.69, 9.17) is 5.73 Å². The molecule has 5 heteroatoms. The van der Waals surface area contributed by atoms with Crippen LogP contribution < -0.4 is 16.4 Å². The van der Waals surface area contributed by atoms with E-state index >= 15 is 0 Å². The summed E-state index contributed by atoms with van der Waals surface area (Å²) in [5, 5.41) is 6.51. The Morgan fingerprint density at radius 3 is 2.47 bits per heavy atom. The smallest absolute Gasteiger partial charge is 0.258 e. The number of hydrogen-bond donors (Lipinski definition) is 3. The highest BCUT2D eigenvalue weighted by molar-refractivity contribution is 6.37. The second-order valence-electron chi connectivity index (χ2n) is 9.32. The number of nitrogens with zero attached hydrogens (tertiary/aromatic N) is 1. The van der Waals surface area contributed by atoms with Crippen molar-refractivity contribution in [2.75, 3.05) is 29.5 Å². The molecule has 0 spiro atoms. The number of amides is 1. The van der Waals surface area contributed by atoms with Gasteiger partial charge in [0.15, 0.2) is 0 Å². The van der Waals surface area contributed by atoms with Crippen molar-refractivity contribution in [2.24, 2.45) is 5.92 Å². The lowest BCUT2D eigenvalue weighted by Gasteiger charge is -2.31. The molecule has 2 aliphatic rings. The molecule has 0 unspecified atom stereocenters. The summed E-state index contributed by atoms with van der Waals surface area (Å²) in [7, 11) is 0. The van der Waals surface area contributed by atoms with E-state index < -0.39 is 0 Å². The fourth-order valence-electron chi connectivity index (χ4n) is 4.97. The average Bonchev–Trinajstić information content (AvgIpc) is 3.19. The van der Waals surface area contributed by atoms with E-state index in [0.717, 1.165) is 40.7 Å². The first-order chi connectivity index (χ1) is 16.6. The first-order valence-corrected chi connectivity index (χ1v) is 12.2. The van der Waals surface area contributed by atoms with Gasteiger partial charge in [-0.05, 0) is 73.3 Å². The van der Waals surface area contributed by atoms with Gasteiger partial charge in [-0.25, -0.2) is 0 Å². The van der Waals surface area contributed by atoms with Crippen molar-refractivity contribution in [3.63, 3.8) is 0 Å². The minimum Gasteiger partial charge on any atom is -0.399 e. The van der Waals surface area contributed by atoms with Crippen molar-refractivity contribution in [3.8, 4) is 0 Å². The van der Waals surface area contributed by atoms with Crippen LogP contribution in [-0.2, 0) is 11.3 Å². The molecule has 1 saturated heterocycles. The van der Waals surface area contributed by atoms with Crippen LogP contribution in [0.2, 0.25) is 0 Å². The highest BCUT2D eigenvalue weighted by atomic mass is 16.2. The fraction of sp³-hybridized carbons (Fsp3) is 0.276. The van der Waals surface area contributed by atoms with Gasteiger partial charge in [-0.15, -0.1) is 0 Å². The maximum absolute atomic E-state index is 13.0. The topological polar surface area (TPSA) is 70.4 Å². The van der Waals surface area contributed by atoms with Crippen molar-refractivity contribution in [2.45, 2.75) is 32.7 Å². The standard InChI is InChI=1S/C29H32N4O/c1-2-20-14-16-33(17-15-20)19-21-8-11-24(12-9-21)31-28(22-6-4-3-5-7-22)27-25-18-23(30)10-13-26(25)32-29(27)34/h3-13,18,20,31H,2,14-17,19,30H2,1H3,(H,32,34)/b28-27-. The molecular formula is C29H32N4O. The third-order valence-corrected chi connectivity index (χ3v) is 7.01. The number of rotatable bonds is 6. The van der Waals surface area contributed by atoms with Crippen LogP contribution >= 0.6 is 0 Å². The molecular weight excluding hydrogens is 420 g/mol. The van der Waals surface area contributed by atoms with Crippen molar-refractivity contribution in [1.82, 2.24) is 4.90 Å². The van der Waals surface area contributed by atoms with Crippen LogP contribution in [0.5, 0.6) is 0 Å².